The smallest absolute Gasteiger partial charge is 0.306 e. The molecule has 3 aliphatic rings. The molecule has 1 spiro atoms. The molecule has 3 saturated heterocycles. The van der Waals surface area contributed by atoms with Gasteiger partial charge >= 0.3 is 5.97 Å². The molecule has 1 aromatic rings. The van der Waals surface area contributed by atoms with Gasteiger partial charge in [0.25, 0.3) is 0 Å². The standard InChI is InChI=1S/C36H51N3O7/c1-5-8-18-29(41)45-24-27(26-16-11-9-12-17-26)37-33(42)30-28-19-20-36(46-28)31(30)34(43)39(22-13-10-14-23-40)32(36)35(44)38(21-7-3)25(4)15-6-2/h5,7,9,11-12,16-17,25,27-28,30-32,40H,1,3,6,8,10,13-15,18-24H2,2,4H3,(H,37,42)/t25?,27-,28+,30-,31-,32+,36-/m1/s1. The van der Waals surface area contributed by atoms with Crippen molar-refractivity contribution in [1.29, 1.82) is 0 Å². The average molecular weight is 638 g/mol. The number of unbranched alkanes of at least 4 members (excludes halogenated alkanes) is 2. The summed E-state index contributed by atoms with van der Waals surface area (Å²) in [7, 11) is 0. The Kier molecular flexibility index (Phi) is 12.6. The zero-order valence-corrected chi connectivity index (χ0v) is 27.4. The first-order chi connectivity index (χ1) is 22.2. The Hall–Kier alpha value is -3.50. The third-order valence-electron chi connectivity index (χ3n) is 9.72. The molecule has 4 rings (SSSR count). The van der Waals surface area contributed by atoms with Gasteiger partial charge in [-0.1, -0.05) is 55.8 Å². The third kappa shape index (κ3) is 7.39. The van der Waals surface area contributed by atoms with Gasteiger partial charge in [-0.2, -0.15) is 0 Å². The highest BCUT2D eigenvalue weighted by atomic mass is 16.5. The highest BCUT2D eigenvalue weighted by molar-refractivity contribution is 5.99. The molecule has 3 aliphatic heterocycles. The van der Waals surface area contributed by atoms with Gasteiger partial charge in [0.1, 0.15) is 18.2 Å². The van der Waals surface area contributed by atoms with Crippen molar-refractivity contribution in [1.82, 2.24) is 15.1 Å². The van der Waals surface area contributed by atoms with E-state index in [2.05, 4.69) is 25.4 Å². The van der Waals surface area contributed by atoms with Gasteiger partial charge in [0.05, 0.1) is 24.0 Å². The third-order valence-corrected chi connectivity index (χ3v) is 9.72. The lowest BCUT2D eigenvalue weighted by Gasteiger charge is -2.39. The van der Waals surface area contributed by atoms with E-state index in [-0.39, 0.29) is 49.4 Å². The number of rotatable bonds is 19. The summed E-state index contributed by atoms with van der Waals surface area (Å²) in [5.74, 6) is -2.74. The molecule has 46 heavy (non-hydrogen) atoms. The number of hydrogen-bond donors (Lipinski definition) is 2. The molecule has 1 unspecified atom stereocenters. The summed E-state index contributed by atoms with van der Waals surface area (Å²) in [6.07, 6.45) is 8.25. The van der Waals surface area contributed by atoms with E-state index in [0.717, 1.165) is 18.4 Å². The molecule has 252 valence electrons. The van der Waals surface area contributed by atoms with Crippen LogP contribution in [0.1, 0.15) is 83.2 Å². The van der Waals surface area contributed by atoms with Gasteiger partial charge in [-0.15, -0.1) is 13.2 Å². The van der Waals surface area contributed by atoms with Crippen molar-refractivity contribution in [3.8, 4) is 0 Å². The molecule has 3 heterocycles. The minimum absolute atomic E-state index is 0.0579. The Morgan fingerprint density at radius 3 is 2.63 bits per heavy atom. The number of esters is 1. The molecule has 7 atom stereocenters. The first-order valence-corrected chi connectivity index (χ1v) is 16.9. The highest BCUT2D eigenvalue weighted by Crippen LogP contribution is 2.58. The van der Waals surface area contributed by atoms with Crippen molar-refractivity contribution < 1.29 is 33.8 Å². The second-order valence-corrected chi connectivity index (χ2v) is 12.8. The lowest BCUT2D eigenvalue weighted by molar-refractivity contribution is -0.149. The molecule has 3 fully saturated rings. The summed E-state index contributed by atoms with van der Waals surface area (Å²) in [6.45, 7) is 12.3. The van der Waals surface area contributed by atoms with E-state index in [9.17, 15) is 24.3 Å². The maximum Gasteiger partial charge on any atom is 0.306 e. The molecule has 2 N–H and O–H groups in total. The number of likely N-dealkylation sites (tertiary alicyclic amines) is 1. The minimum Gasteiger partial charge on any atom is -0.463 e. The SMILES string of the molecule is C=CCCC(=O)OC[C@@H](NC(=O)[C@@H]1[C@@H]2CC[C@]3(O2)[C@H](C(=O)N(CC=C)C(C)CCC)N(CCCCCO)C(=O)[C@@H]13)c1ccccc1. The van der Waals surface area contributed by atoms with Crippen LogP contribution in [0.25, 0.3) is 0 Å². The van der Waals surface area contributed by atoms with Crippen molar-refractivity contribution in [2.45, 2.75) is 101 Å². The highest BCUT2D eigenvalue weighted by Gasteiger charge is 2.74. The summed E-state index contributed by atoms with van der Waals surface area (Å²) < 4.78 is 12.2. The molecule has 1 aromatic carbocycles. The topological polar surface area (TPSA) is 125 Å². The second kappa shape index (κ2) is 16.4. The van der Waals surface area contributed by atoms with Gasteiger partial charge in [0.2, 0.25) is 17.7 Å². The van der Waals surface area contributed by atoms with E-state index in [4.69, 9.17) is 9.47 Å². The molecule has 10 nitrogen and oxygen atoms in total. The number of allylic oxidation sites excluding steroid dienone is 1. The second-order valence-electron chi connectivity index (χ2n) is 12.8. The Morgan fingerprint density at radius 1 is 1.20 bits per heavy atom. The number of ether oxygens (including phenoxy) is 2. The first-order valence-electron chi connectivity index (χ1n) is 16.9. The van der Waals surface area contributed by atoms with E-state index in [1.54, 1.807) is 22.0 Å². The zero-order valence-electron chi connectivity index (χ0n) is 27.4. The van der Waals surface area contributed by atoms with Gasteiger partial charge < -0.3 is 29.7 Å². The molecular formula is C36H51N3O7. The van der Waals surface area contributed by atoms with E-state index < -0.39 is 35.6 Å². The number of benzene rings is 1. The molecule has 0 radical (unpaired) electrons. The van der Waals surface area contributed by atoms with Crippen LogP contribution in [0.3, 0.4) is 0 Å². The number of aliphatic hydroxyl groups is 1. The van der Waals surface area contributed by atoms with Crippen LogP contribution in [0.4, 0.5) is 0 Å². The summed E-state index contributed by atoms with van der Waals surface area (Å²) in [5, 5.41) is 12.4. The van der Waals surface area contributed by atoms with E-state index in [1.807, 2.05) is 37.3 Å². The van der Waals surface area contributed by atoms with Gasteiger partial charge in [-0.25, -0.2) is 0 Å². The van der Waals surface area contributed by atoms with Crippen molar-refractivity contribution in [2.75, 3.05) is 26.3 Å². The first kappa shape index (κ1) is 35.4. The number of fused-ring (bicyclic) bond motifs is 1. The lowest BCUT2D eigenvalue weighted by atomic mass is 9.70. The monoisotopic (exact) mass is 637 g/mol. The van der Waals surface area contributed by atoms with Crippen LogP contribution in [0.15, 0.2) is 55.6 Å². The predicted molar refractivity (Wildman–Crippen MR) is 174 cm³/mol. The molecule has 3 amide bonds. The van der Waals surface area contributed by atoms with Crippen LogP contribution < -0.4 is 5.32 Å². The van der Waals surface area contributed by atoms with Crippen LogP contribution in [-0.4, -0.2) is 88.7 Å². The predicted octanol–water partition coefficient (Wildman–Crippen LogP) is 4.09. The maximum atomic E-state index is 14.5. The van der Waals surface area contributed by atoms with E-state index in [0.29, 0.717) is 51.6 Å². The Labute approximate surface area is 273 Å². The van der Waals surface area contributed by atoms with Crippen LogP contribution in [0.5, 0.6) is 0 Å². The largest absolute Gasteiger partial charge is 0.463 e. The maximum absolute atomic E-state index is 14.5. The summed E-state index contributed by atoms with van der Waals surface area (Å²) in [4.78, 5) is 58.8. The molecule has 0 aromatic heterocycles. The number of carbonyl (C=O) groups is 4. The van der Waals surface area contributed by atoms with Gasteiger partial charge in [0.15, 0.2) is 0 Å². The van der Waals surface area contributed by atoms with Crippen LogP contribution in [-0.2, 0) is 28.7 Å². The van der Waals surface area contributed by atoms with E-state index >= 15 is 0 Å². The molecular weight excluding hydrogens is 586 g/mol. The molecule has 2 bridgehead atoms. The lowest BCUT2D eigenvalue weighted by Crippen LogP contribution is -2.58. The fourth-order valence-electron chi connectivity index (χ4n) is 7.54. The minimum atomic E-state index is -1.11. The number of amides is 3. The van der Waals surface area contributed by atoms with Gasteiger partial charge in [-0.3, -0.25) is 19.2 Å². The van der Waals surface area contributed by atoms with Crippen molar-refractivity contribution in [2.24, 2.45) is 11.8 Å². The summed E-state index contributed by atoms with van der Waals surface area (Å²) in [6, 6.07) is 7.75. The quantitative estimate of drug-likeness (QED) is 0.133. The van der Waals surface area contributed by atoms with Crippen LogP contribution in [0.2, 0.25) is 0 Å². The number of carbonyl (C=O) groups excluding carboxylic acids is 4. The van der Waals surface area contributed by atoms with Crippen molar-refractivity contribution in [3.05, 3.63) is 61.2 Å². The summed E-state index contributed by atoms with van der Waals surface area (Å²) >= 11 is 0. The number of nitrogens with one attached hydrogen (secondary N) is 1. The molecule has 0 aliphatic carbocycles. The molecule has 0 saturated carbocycles. The number of hydrogen-bond acceptors (Lipinski definition) is 7. The van der Waals surface area contributed by atoms with Crippen molar-refractivity contribution in [3.63, 3.8) is 0 Å². The zero-order chi connectivity index (χ0) is 33.3. The van der Waals surface area contributed by atoms with Crippen LogP contribution in [0, 0.1) is 11.8 Å². The average Bonchev–Trinajstić information content (AvgIpc) is 3.70. The van der Waals surface area contributed by atoms with Crippen LogP contribution >= 0.6 is 0 Å². The molecule has 10 heteroatoms. The summed E-state index contributed by atoms with van der Waals surface area (Å²) in [5.41, 5.74) is -0.338. The fraction of sp³-hybridized carbons (Fsp3) is 0.611. The Morgan fingerprint density at radius 2 is 1.96 bits per heavy atom. The fourth-order valence-corrected chi connectivity index (χ4v) is 7.54. The van der Waals surface area contributed by atoms with E-state index in [1.165, 1.54) is 0 Å². The number of nitrogens with zero attached hydrogens (tertiary/aromatic N) is 2. The normalized spacial score (nSPS) is 25.9. The van der Waals surface area contributed by atoms with Gasteiger partial charge in [-0.05, 0) is 57.4 Å². The van der Waals surface area contributed by atoms with Crippen molar-refractivity contribution >= 4 is 23.7 Å². The number of aliphatic hydroxyl groups excluding tert-OH is 1. The Balaban J connectivity index is 1.63. The Bertz CT molecular complexity index is 1240. The van der Waals surface area contributed by atoms with Gasteiger partial charge in [0, 0.05) is 32.2 Å².